The van der Waals surface area contributed by atoms with Gasteiger partial charge in [0.1, 0.15) is 17.1 Å². The molecule has 0 atom stereocenters. The topological polar surface area (TPSA) is 61.5 Å². The number of carbonyl (C=O) groups is 1. The molecule has 5 heteroatoms. The molecule has 0 unspecified atom stereocenters. The first kappa shape index (κ1) is 14.8. The van der Waals surface area contributed by atoms with Gasteiger partial charge < -0.3 is 15.2 Å². The zero-order valence-electron chi connectivity index (χ0n) is 11.9. The van der Waals surface area contributed by atoms with Gasteiger partial charge in [-0.2, -0.15) is 0 Å². The van der Waals surface area contributed by atoms with Crippen molar-refractivity contribution in [2.24, 2.45) is 0 Å². The van der Waals surface area contributed by atoms with Crippen molar-refractivity contribution in [1.82, 2.24) is 0 Å². The molecule has 2 N–H and O–H groups in total. The Hall–Kier alpha value is -2.56. The van der Waals surface area contributed by atoms with Crippen molar-refractivity contribution in [2.45, 2.75) is 13.8 Å². The molecule has 0 heterocycles. The number of nitrogens with two attached hydrogens (primary N) is 1. The molecule has 2 rings (SSSR count). The first-order chi connectivity index (χ1) is 10.0. The van der Waals surface area contributed by atoms with Crippen molar-refractivity contribution in [2.75, 3.05) is 12.3 Å². The van der Waals surface area contributed by atoms with Gasteiger partial charge in [0, 0.05) is 6.07 Å². The number of carbonyl (C=O) groups excluding carboxylic acids is 1. The molecular formula is C16H16FNO3. The lowest BCUT2D eigenvalue weighted by Crippen LogP contribution is -2.08. The monoisotopic (exact) mass is 289 g/mol. The maximum atomic E-state index is 13.3. The van der Waals surface area contributed by atoms with Crippen LogP contribution in [0, 0.1) is 12.7 Å². The Labute approximate surface area is 122 Å². The van der Waals surface area contributed by atoms with E-state index in [1.165, 1.54) is 12.1 Å². The number of nitrogen functional groups attached to an aromatic ring is 1. The van der Waals surface area contributed by atoms with E-state index in [2.05, 4.69) is 0 Å². The van der Waals surface area contributed by atoms with Crippen molar-refractivity contribution in [3.63, 3.8) is 0 Å². The molecule has 0 saturated carbocycles. The first-order valence-corrected chi connectivity index (χ1v) is 6.52. The van der Waals surface area contributed by atoms with Crippen LogP contribution in [-0.2, 0) is 4.74 Å². The molecule has 0 fully saturated rings. The summed E-state index contributed by atoms with van der Waals surface area (Å²) in [5, 5.41) is 0. The molecule has 0 saturated heterocycles. The van der Waals surface area contributed by atoms with E-state index in [1.54, 1.807) is 38.1 Å². The number of ether oxygens (including phenoxy) is 2. The van der Waals surface area contributed by atoms with Gasteiger partial charge in [-0.25, -0.2) is 9.18 Å². The lowest BCUT2D eigenvalue weighted by atomic mass is 10.1. The molecule has 0 radical (unpaired) electrons. The van der Waals surface area contributed by atoms with Gasteiger partial charge in [0.05, 0.1) is 12.3 Å². The number of para-hydroxylation sites is 1. The second-order valence-electron chi connectivity index (χ2n) is 4.46. The maximum absolute atomic E-state index is 13.3. The summed E-state index contributed by atoms with van der Waals surface area (Å²) < 4.78 is 23.9. The molecular weight excluding hydrogens is 273 g/mol. The van der Waals surface area contributed by atoms with Gasteiger partial charge in [0.25, 0.3) is 0 Å². The van der Waals surface area contributed by atoms with Gasteiger partial charge in [-0.15, -0.1) is 0 Å². The molecule has 2 aromatic carbocycles. The second kappa shape index (κ2) is 6.26. The minimum atomic E-state index is -0.533. The van der Waals surface area contributed by atoms with Crippen LogP contribution in [0.4, 0.5) is 10.1 Å². The van der Waals surface area contributed by atoms with Crippen LogP contribution >= 0.6 is 0 Å². The Balaban J connectivity index is 2.43. The number of anilines is 1. The van der Waals surface area contributed by atoms with Crippen LogP contribution in [0.25, 0.3) is 0 Å². The highest BCUT2D eigenvalue weighted by molar-refractivity contribution is 5.94. The Morgan fingerprint density at radius 1 is 1.29 bits per heavy atom. The van der Waals surface area contributed by atoms with Gasteiger partial charge in [-0.1, -0.05) is 12.1 Å². The maximum Gasteiger partial charge on any atom is 0.342 e. The van der Waals surface area contributed by atoms with E-state index >= 15 is 0 Å². The fourth-order valence-electron chi connectivity index (χ4n) is 1.83. The summed E-state index contributed by atoms with van der Waals surface area (Å²) in [6.45, 7) is 3.73. The van der Waals surface area contributed by atoms with E-state index in [0.717, 1.165) is 5.56 Å². The van der Waals surface area contributed by atoms with Gasteiger partial charge in [0.2, 0.25) is 0 Å². The number of hydrogen-bond donors (Lipinski definition) is 1. The zero-order chi connectivity index (χ0) is 15.4. The normalized spacial score (nSPS) is 10.2. The molecule has 0 aliphatic heterocycles. The molecule has 21 heavy (non-hydrogen) atoms. The van der Waals surface area contributed by atoms with Crippen molar-refractivity contribution >= 4 is 11.7 Å². The average Bonchev–Trinajstić information content (AvgIpc) is 2.45. The minimum absolute atomic E-state index is 0.171. The summed E-state index contributed by atoms with van der Waals surface area (Å²) in [5.74, 6) is -0.486. The summed E-state index contributed by atoms with van der Waals surface area (Å²) in [4.78, 5) is 11.9. The van der Waals surface area contributed by atoms with Crippen molar-refractivity contribution in [3.05, 3.63) is 53.3 Å². The zero-order valence-corrected chi connectivity index (χ0v) is 11.9. The number of benzene rings is 2. The van der Waals surface area contributed by atoms with E-state index in [-0.39, 0.29) is 23.6 Å². The molecule has 0 spiro atoms. The van der Waals surface area contributed by atoms with E-state index in [0.29, 0.717) is 5.75 Å². The fourth-order valence-corrected chi connectivity index (χ4v) is 1.83. The number of halogens is 1. The molecule has 4 nitrogen and oxygen atoms in total. The molecule has 0 aliphatic carbocycles. The van der Waals surface area contributed by atoms with Crippen LogP contribution in [-0.4, -0.2) is 12.6 Å². The van der Waals surface area contributed by atoms with Crippen LogP contribution in [0.15, 0.2) is 36.4 Å². The quantitative estimate of drug-likeness (QED) is 0.689. The Kier molecular flexibility index (Phi) is 4.42. The predicted molar refractivity (Wildman–Crippen MR) is 78.0 cm³/mol. The summed E-state index contributed by atoms with van der Waals surface area (Å²) in [5.41, 5.74) is 7.09. The molecule has 0 bridgehead atoms. The van der Waals surface area contributed by atoms with E-state index < -0.39 is 11.8 Å². The first-order valence-electron chi connectivity index (χ1n) is 6.52. The molecule has 0 amide bonds. The van der Waals surface area contributed by atoms with Gasteiger partial charge in [-0.05, 0) is 37.6 Å². The van der Waals surface area contributed by atoms with Gasteiger partial charge >= 0.3 is 5.97 Å². The highest BCUT2D eigenvalue weighted by atomic mass is 19.1. The number of rotatable bonds is 4. The van der Waals surface area contributed by atoms with Gasteiger partial charge in [0.15, 0.2) is 5.75 Å². The van der Waals surface area contributed by atoms with Crippen LogP contribution < -0.4 is 10.5 Å². The smallest absolute Gasteiger partial charge is 0.342 e. The third kappa shape index (κ3) is 3.31. The summed E-state index contributed by atoms with van der Waals surface area (Å²) >= 11 is 0. The Bertz CT molecular complexity index is 671. The van der Waals surface area contributed by atoms with E-state index in [1.807, 2.05) is 0 Å². The largest absolute Gasteiger partial charge is 0.462 e. The lowest BCUT2D eigenvalue weighted by molar-refractivity contribution is 0.0523. The molecule has 2 aromatic rings. The van der Waals surface area contributed by atoms with Crippen molar-refractivity contribution < 1.29 is 18.7 Å². The molecule has 110 valence electrons. The predicted octanol–water partition coefficient (Wildman–Crippen LogP) is 3.69. The fraction of sp³-hybridized carbons (Fsp3) is 0.188. The third-order valence-corrected chi connectivity index (χ3v) is 2.90. The van der Waals surface area contributed by atoms with Crippen LogP contribution in [0.2, 0.25) is 0 Å². The summed E-state index contributed by atoms with van der Waals surface area (Å²) in [7, 11) is 0. The van der Waals surface area contributed by atoms with Crippen LogP contribution in [0.3, 0.4) is 0 Å². The van der Waals surface area contributed by atoms with Crippen molar-refractivity contribution in [3.8, 4) is 11.5 Å². The number of esters is 1. The highest BCUT2D eigenvalue weighted by Crippen LogP contribution is 2.33. The molecule has 0 aliphatic rings. The Morgan fingerprint density at radius 2 is 2.05 bits per heavy atom. The van der Waals surface area contributed by atoms with E-state index in [4.69, 9.17) is 15.2 Å². The lowest BCUT2D eigenvalue weighted by Gasteiger charge is -2.14. The van der Waals surface area contributed by atoms with Gasteiger partial charge in [-0.3, -0.25) is 0 Å². The SMILES string of the molecule is CCOC(=O)c1cccc(N)c1Oc1cc(F)ccc1C. The second-order valence-corrected chi connectivity index (χ2v) is 4.46. The summed E-state index contributed by atoms with van der Waals surface area (Å²) in [6, 6.07) is 8.96. The van der Waals surface area contributed by atoms with Crippen molar-refractivity contribution in [1.29, 1.82) is 0 Å². The third-order valence-electron chi connectivity index (χ3n) is 2.90. The highest BCUT2D eigenvalue weighted by Gasteiger charge is 2.17. The number of hydrogen-bond acceptors (Lipinski definition) is 4. The number of aryl methyl sites for hydroxylation is 1. The van der Waals surface area contributed by atoms with E-state index in [9.17, 15) is 9.18 Å². The van der Waals surface area contributed by atoms with Crippen LogP contribution in [0.5, 0.6) is 11.5 Å². The standard InChI is InChI=1S/C16H16FNO3/c1-3-20-16(19)12-5-4-6-13(18)15(12)21-14-9-11(17)8-7-10(14)2/h4-9H,3,18H2,1-2H3. The minimum Gasteiger partial charge on any atom is -0.462 e. The average molecular weight is 289 g/mol. The molecule has 0 aromatic heterocycles. The van der Waals surface area contributed by atoms with Crippen LogP contribution in [0.1, 0.15) is 22.8 Å². The Morgan fingerprint density at radius 3 is 2.76 bits per heavy atom. The summed E-state index contributed by atoms with van der Waals surface area (Å²) in [6.07, 6.45) is 0.